The minimum absolute atomic E-state index is 0.0395. The molecule has 0 amide bonds. The fraction of sp³-hybridized carbons (Fsp3) is 0.321. The first kappa shape index (κ1) is 89.9. The molecule has 0 saturated carbocycles. The van der Waals surface area contributed by atoms with Crippen molar-refractivity contribution in [1.82, 2.24) is 45.9 Å². The number of carboxylic acid groups (broad SMARTS) is 2. The van der Waals surface area contributed by atoms with Crippen LogP contribution in [0.1, 0.15) is 93.7 Å². The summed E-state index contributed by atoms with van der Waals surface area (Å²) in [7, 11) is 76.7. The third-order valence-corrected chi connectivity index (χ3v) is 19.7. The minimum Gasteiger partial charge on any atom is -0.477 e. The number of esters is 2. The van der Waals surface area contributed by atoms with Gasteiger partial charge in [0.15, 0.2) is 56.3 Å². The van der Waals surface area contributed by atoms with E-state index >= 15 is 0 Å². The number of benzene rings is 2. The van der Waals surface area contributed by atoms with Gasteiger partial charge in [-0.25, -0.2) is 66.6 Å². The molecular weight excluding hydrogens is 1460 g/mol. The molecule has 2 fully saturated rings. The van der Waals surface area contributed by atoms with Crippen molar-refractivity contribution in [1.29, 1.82) is 0 Å². The molecule has 0 bridgehead atoms. The van der Waals surface area contributed by atoms with Crippen LogP contribution in [0.5, 0.6) is 0 Å². The van der Waals surface area contributed by atoms with Crippen LogP contribution in [0.4, 0.5) is 27.9 Å². The highest BCUT2D eigenvalue weighted by atomic mass is 35.5. The van der Waals surface area contributed by atoms with Crippen LogP contribution in [-0.4, -0.2) is 293 Å². The molecule has 4 aliphatic heterocycles. The summed E-state index contributed by atoms with van der Waals surface area (Å²) in [5, 5.41) is 31.3. The van der Waals surface area contributed by atoms with E-state index in [0.29, 0.717) is 72.1 Å². The molecule has 0 spiro atoms. The number of aliphatic imine (C=N–C) groups is 2. The highest BCUT2D eigenvalue weighted by Gasteiger charge is 2.49. The number of rotatable bonds is 23. The molecule has 2 atom stereocenters. The molecule has 6 aromatic rings. The van der Waals surface area contributed by atoms with E-state index < -0.39 is 140 Å². The second-order valence-electron chi connectivity index (χ2n) is 24.0. The van der Waals surface area contributed by atoms with Gasteiger partial charge in [0.2, 0.25) is 11.2 Å². The molecule has 4 aromatic heterocycles. The van der Waals surface area contributed by atoms with Crippen molar-refractivity contribution in [3.63, 3.8) is 0 Å². The van der Waals surface area contributed by atoms with Crippen LogP contribution < -0.4 is 20.9 Å². The molecule has 2 unspecified atom stereocenters. The first-order valence-electron chi connectivity index (χ1n) is 32.9. The van der Waals surface area contributed by atoms with Crippen molar-refractivity contribution in [3.8, 4) is 0 Å². The van der Waals surface area contributed by atoms with E-state index in [-0.39, 0.29) is 64.0 Å². The van der Waals surface area contributed by atoms with E-state index in [9.17, 15) is 46.2 Å². The molecule has 4 aliphatic rings. The van der Waals surface area contributed by atoms with Gasteiger partial charge < -0.3 is 40.5 Å². The van der Waals surface area contributed by atoms with Crippen LogP contribution in [-0.2, 0) is 19.1 Å². The summed E-state index contributed by atoms with van der Waals surface area (Å²) >= 11 is 20.4. The maximum atomic E-state index is 14.6. The third kappa shape index (κ3) is 23.5. The summed E-state index contributed by atoms with van der Waals surface area (Å²) < 4.78 is 76.8. The Bertz CT molecular complexity index is 4090. The van der Waals surface area contributed by atoms with E-state index in [0.717, 1.165) is 38.1 Å². The molecule has 0 aliphatic carbocycles. The van der Waals surface area contributed by atoms with Gasteiger partial charge in [-0.2, -0.15) is 0 Å². The Kier molecular flexibility index (Phi) is 36.1. The van der Waals surface area contributed by atoms with Crippen LogP contribution in [0, 0.1) is 35.1 Å². The normalized spacial score (nSPS) is 15.4. The van der Waals surface area contributed by atoms with Crippen LogP contribution in [0.2, 0.25) is 15.3 Å². The highest BCUT2D eigenvalue weighted by Crippen LogP contribution is 2.43. The van der Waals surface area contributed by atoms with Gasteiger partial charge in [0.1, 0.15) is 12.1 Å². The molecule has 10 rings (SSSR count). The Labute approximate surface area is 662 Å². The van der Waals surface area contributed by atoms with Crippen LogP contribution in [0.25, 0.3) is 0 Å². The zero-order valence-corrected chi connectivity index (χ0v) is 61.8. The lowest BCUT2D eigenvalue weighted by molar-refractivity contribution is -0.140. The summed E-state index contributed by atoms with van der Waals surface area (Å²) in [4.78, 5) is 83.1. The number of hydrogen-bond acceptors (Lipinski definition) is 20. The average Bonchev–Trinajstić information content (AvgIpc) is 1.44. The Morgan fingerprint density at radius 3 is 1.30 bits per heavy atom. The number of ether oxygens (including phenoxy) is 2. The number of aromatic carboxylic acids is 2. The van der Waals surface area contributed by atoms with Gasteiger partial charge in [-0.15, -0.1) is 22.7 Å². The molecule has 5 N–H and O–H groups in total. The Balaban J connectivity index is 0.000000239. The molecule has 26 radical (unpaired) electrons. The summed E-state index contributed by atoms with van der Waals surface area (Å²) in [6, 6.07) is 5.17. The maximum Gasteiger partial charge on any atom is 0.354 e. The lowest BCUT2D eigenvalue weighted by atomic mass is 8.35. The number of nitrogens with one attached hydrogen (secondary N) is 3. The Hall–Kier alpha value is -6.00. The fourth-order valence-electron chi connectivity index (χ4n) is 12.4. The monoisotopic (exact) mass is 1510 g/mol. The highest BCUT2D eigenvalue weighted by molar-refractivity contribution is 8.23. The second-order valence-corrected chi connectivity index (χ2v) is 26.9. The average molecular weight is 1510 g/mol. The van der Waals surface area contributed by atoms with Crippen LogP contribution in [0.15, 0.2) is 104 Å². The van der Waals surface area contributed by atoms with Crippen molar-refractivity contribution in [2.75, 3.05) is 51.5 Å². The minimum atomic E-state index is -1.23. The SMILES string of the molecule is CCOC(=O)C1=C(C2CCN(c3nccc(C(=O)O)n3)CC2)NC(c2nccs2)=NC1c1ccc(F)c(F)c1Cl.CCOC(=O)C1=C(C2CCNCC2)NC(c2nccs2)=NC1c1ccc(F)c(F)c1Cl.CF.O=C(O)c1ccnc(Cl)n1.[B]B([B])B([B])B(B([B])[B])B(B(B([B])[B])B([B])[B])B(B([B])[B])B([B])[B]. The number of carboxylic acids is 2. The number of alkyl halides is 1. The van der Waals surface area contributed by atoms with Gasteiger partial charge >= 0.3 is 23.9 Å². The van der Waals surface area contributed by atoms with Crippen LogP contribution in [0.3, 0.4) is 0 Å². The Morgan fingerprint density at radius 2 is 0.944 bits per heavy atom. The lowest BCUT2D eigenvalue weighted by Crippen LogP contribution is -2.84. The number of aromatic nitrogens is 6. The van der Waals surface area contributed by atoms with E-state index in [1.165, 1.54) is 59.3 Å². The molecule has 20 nitrogen and oxygen atoms in total. The fourth-order valence-corrected chi connectivity index (χ4v) is 14.2. The van der Waals surface area contributed by atoms with Gasteiger partial charge in [-0.1, -0.05) is 35.3 Å². The largest absolute Gasteiger partial charge is 0.477 e. The summed E-state index contributed by atoms with van der Waals surface area (Å²) in [5.74, 6) is -7.09. The zero-order chi connectivity index (χ0) is 79.3. The molecular formula is C53H50B24Cl3F5N12O8S2. The zero-order valence-electron chi connectivity index (χ0n) is 57.9. The van der Waals surface area contributed by atoms with Gasteiger partial charge in [-0.3, -0.25) is 14.4 Å². The maximum absolute atomic E-state index is 14.6. The van der Waals surface area contributed by atoms with E-state index in [2.05, 4.69) is 55.8 Å². The standard InChI is InChI=1S/C26H23ClF2N6O4S.C21H21ClF2N4O2S.C5H3ClN2O2.CH3F.B24/c1-2-39-25(38)17-20(13-6-10-35(11-7-13)26-31-8-5-16(32-26)24(36)37)33-22(23-30-9-12-40-23)34-21(17)14-3-4-15(28)19(29)18(14)27;1-2-30-21(29)14-17(11-5-7-25-8-6-11)27-19(20-26-9-10-31-20)28-18(14)12-3-4-13(23)16(24)15(12)22;6-5-7-2-1-3(8-5)4(9)10;1-2;1-14(2)20(13)23(19(11)12)24(21(15(3)4)16(5)6)22(17(7)8)18(9)10/h3-5,8-9,12-13,21H,2,6-7,10-11H2,1H3,(H,33,34)(H,36,37);3-4,9-11,18,25H,2,5-8H2,1H3,(H,27,28);1-2H,(H,9,10);1H3;. The Morgan fingerprint density at radius 1 is 0.542 bits per heavy atom. The van der Waals surface area contributed by atoms with Crippen molar-refractivity contribution in [2.45, 2.75) is 51.6 Å². The molecule has 8 heterocycles. The number of anilines is 1. The van der Waals surface area contributed by atoms with E-state index in [1.54, 1.807) is 31.6 Å². The third-order valence-electron chi connectivity index (χ3n) is 17.2. The van der Waals surface area contributed by atoms with Gasteiger partial charge in [0.05, 0.1) is 41.6 Å². The lowest BCUT2D eigenvalue weighted by Gasteiger charge is -2.46. The van der Waals surface area contributed by atoms with E-state index in [1.807, 2.05) is 10.3 Å². The topological polar surface area (TPSA) is 269 Å². The van der Waals surface area contributed by atoms with E-state index in [4.69, 9.17) is 150 Å². The number of amidine groups is 2. The second kappa shape index (κ2) is 43.0. The summed E-state index contributed by atoms with van der Waals surface area (Å²) in [5.41, 5.74) is 1.73. The van der Waals surface area contributed by atoms with Crippen molar-refractivity contribution >= 4 is 270 Å². The number of allylic oxidation sites excluding steroid dienone is 2. The molecule has 54 heteroatoms. The number of hydrogen-bond donors (Lipinski definition) is 5. The number of halogens is 8. The first-order valence-corrected chi connectivity index (χ1v) is 35.7. The number of carbonyl (C=O) groups excluding carboxylic acids is 2. The summed E-state index contributed by atoms with van der Waals surface area (Å²) in [6.07, 6.45) is -0.938. The molecule has 107 heavy (non-hydrogen) atoms. The molecule has 510 valence electrons. The van der Waals surface area contributed by atoms with Crippen molar-refractivity contribution < 1.29 is 60.8 Å². The summed E-state index contributed by atoms with van der Waals surface area (Å²) in [6.45, 7) is 6.17. The van der Waals surface area contributed by atoms with Crippen molar-refractivity contribution in [2.24, 2.45) is 21.8 Å². The number of thiazole rings is 2. The first-order chi connectivity index (χ1) is 50.8. The number of carbonyl (C=O) groups is 4. The number of nitrogens with zero attached hydrogens (tertiary/aromatic N) is 9. The van der Waals surface area contributed by atoms with Crippen LogP contribution >= 0.6 is 57.5 Å². The molecule has 2 aromatic carbocycles. The predicted molar refractivity (Wildman–Crippen MR) is 438 cm³/mol. The predicted octanol–water partition coefficient (Wildman–Crippen LogP) is 0.645. The van der Waals surface area contributed by atoms with Gasteiger partial charge in [-0.05, 0) is 88.5 Å². The van der Waals surface area contributed by atoms with Gasteiger partial charge in [0.25, 0.3) is 0 Å². The van der Waals surface area contributed by atoms with Gasteiger partial charge in [0, 0.05) is 254 Å². The van der Waals surface area contributed by atoms with Crippen molar-refractivity contribution in [3.05, 3.63) is 166 Å². The molecule has 2 saturated heterocycles. The smallest absolute Gasteiger partial charge is 0.354 e. The quantitative estimate of drug-likeness (QED) is 0.0194. The number of piperidine rings is 2.